The molecule has 6 heteroatoms. The lowest BCUT2D eigenvalue weighted by atomic mass is 10.3. The van der Waals surface area contributed by atoms with Crippen LogP contribution in [0.4, 0.5) is 5.69 Å². The van der Waals surface area contributed by atoms with Gasteiger partial charge in [0.15, 0.2) is 0 Å². The molecule has 0 radical (unpaired) electrons. The molecule has 0 saturated carbocycles. The number of anilines is 1. The van der Waals surface area contributed by atoms with Gasteiger partial charge in [-0.15, -0.1) is 0 Å². The summed E-state index contributed by atoms with van der Waals surface area (Å²) >= 11 is 0. The Balaban J connectivity index is 1.63. The molecule has 2 aliphatic heterocycles. The van der Waals surface area contributed by atoms with Crippen LogP contribution in [0.25, 0.3) is 0 Å². The van der Waals surface area contributed by atoms with Gasteiger partial charge < -0.3 is 14.2 Å². The summed E-state index contributed by atoms with van der Waals surface area (Å²) in [6, 6.07) is 8.12. The number of hydrogen-bond acceptors (Lipinski definition) is 5. The largest absolute Gasteiger partial charge is 0.379 e. The number of benzene rings is 1. The van der Waals surface area contributed by atoms with Crippen molar-refractivity contribution in [3.05, 3.63) is 36.5 Å². The first kappa shape index (κ1) is 16.7. The van der Waals surface area contributed by atoms with Crippen LogP contribution in [-0.2, 0) is 9.30 Å². The lowest BCUT2D eigenvalue weighted by Gasteiger charge is -2.37. The third-order valence-corrected chi connectivity index (χ3v) is 5.85. The van der Waals surface area contributed by atoms with Crippen molar-refractivity contribution in [1.29, 1.82) is 0 Å². The number of ether oxygens (including phenoxy) is 1. The average molecular weight is 335 g/mol. The molecule has 0 spiro atoms. The van der Waals surface area contributed by atoms with Crippen LogP contribution in [0.1, 0.15) is 0 Å². The SMILES string of the molecule is CP(C)(=O)c1ccc(N2C=CCN(CN3CCOCC3)C2)cc1. The molecular formula is C17H26N3O2P. The quantitative estimate of drug-likeness (QED) is 0.785. The second-order valence-corrected chi connectivity index (χ2v) is 9.81. The zero-order valence-electron chi connectivity index (χ0n) is 14.0. The first-order chi connectivity index (χ1) is 11.0. The molecule has 1 aromatic rings. The van der Waals surface area contributed by atoms with E-state index in [1.165, 1.54) is 0 Å². The minimum atomic E-state index is -2.18. The second-order valence-electron chi connectivity index (χ2n) is 6.59. The van der Waals surface area contributed by atoms with E-state index in [4.69, 9.17) is 4.74 Å². The van der Waals surface area contributed by atoms with Gasteiger partial charge in [0, 0.05) is 36.8 Å². The van der Waals surface area contributed by atoms with Gasteiger partial charge in [0.05, 0.1) is 26.6 Å². The third-order valence-electron chi connectivity index (χ3n) is 4.31. The van der Waals surface area contributed by atoms with E-state index in [1.807, 2.05) is 25.5 Å². The highest BCUT2D eigenvalue weighted by molar-refractivity contribution is 7.70. The maximum absolute atomic E-state index is 12.1. The van der Waals surface area contributed by atoms with Crippen molar-refractivity contribution < 1.29 is 9.30 Å². The normalized spacial score (nSPS) is 20.9. The zero-order valence-corrected chi connectivity index (χ0v) is 14.9. The predicted octanol–water partition coefficient (Wildman–Crippen LogP) is 1.82. The summed E-state index contributed by atoms with van der Waals surface area (Å²) in [6.07, 6.45) is 4.34. The molecule has 126 valence electrons. The molecule has 5 nitrogen and oxygen atoms in total. The van der Waals surface area contributed by atoms with Gasteiger partial charge in [0.1, 0.15) is 7.14 Å². The summed E-state index contributed by atoms with van der Waals surface area (Å²) in [5, 5.41) is 0.937. The van der Waals surface area contributed by atoms with Crippen molar-refractivity contribution in [3.63, 3.8) is 0 Å². The van der Waals surface area contributed by atoms with E-state index in [0.29, 0.717) is 0 Å². The Morgan fingerprint density at radius 1 is 1.09 bits per heavy atom. The number of nitrogens with zero attached hydrogens (tertiary/aromatic N) is 3. The maximum atomic E-state index is 12.1. The highest BCUT2D eigenvalue weighted by Crippen LogP contribution is 2.35. The molecule has 0 unspecified atom stereocenters. The summed E-state index contributed by atoms with van der Waals surface area (Å²) in [6.45, 7) is 10.1. The van der Waals surface area contributed by atoms with Crippen molar-refractivity contribution in [2.24, 2.45) is 0 Å². The van der Waals surface area contributed by atoms with Crippen LogP contribution in [0.2, 0.25) is 0 Å². The summed E-state index contributed by atoms with van der Waals surface area (Å²) in [5.41, 5.74) is 1.14. The predicted molar refractivity (Wildman–Crippen MR) is 96.0 cm³/mol. The fraction of sp³-hybridized carbons (Fsp3) is 0.529. The third kappa shape index (κ3) is 4.45. The van der Waals surface area contributed by atoms with Gasteiger partial charge in [-0.3, -0.25) is 9.80 Å². The van der Waals surface area contributed by atoms with Crippen LogP contribution in [0.5, 0.6) is 0 Å². The van der Waals surface area contributed by atoms with Crippen molar-refractivity contribution in [2.45, 2.75) is 0 Å². The van der Waals surface area contributed by atoms with Crippen LogP contribution >= 0.6 is 7.14 Å². The van der Waals surface area contributed by atoms with Gasteiger partial charge in [-0.2, -0.15) is 0 Å². The number of rotatable bonds is 4. The zero-order chi connectivity index (χ0) is 16.3. The fourth-order valence-corrected chi connectivity index (χ4v) is 3.81. The molecule has 2 aliphatic rings. The summed E-state index contributed by atoms with van der Waals surface area (Å²) in [7, 11) is -2.18. The Bertz CT molecular complexity index is 590. The van der Waals surface area contributed by atoms with Crippen molar-refractivity contribution >= 4 is 18.1 Å². The maximum Gasteiger partial charge on any atom is 0.109 e. The van der Waals surface area contributed by atoms with Crippen LogP contribution in [0.15, 0.2) is 36.5 Å². The minimum Gasteiger partial charge on any atom is -0.379 e. The van der Waals surface area contributed by atoms with Crippen LogP contribution in [-0.4, -0.2) is 69.3 Å². The molecule has 0 bridgehead atoms. The van der Waals surface area contributed by atoms with E-state index in [0.717, 1.165) is 57.2 Å². The van der Waals surface area contributed by atoms with E-state index in [9.17, 15) is 4.57 Å². The molecular weight excluding hydrogens is 309 g/mol. The first-order valence-electron chi connectivity index (χ1n) is 8.14. The van der Waals surface area contributed by atoms with E-state index >= 15 is 0 Å². The summed E-state index contributed by atoms with van der Waals surface area (Å²) in [5.74, 6) is 0. The lowest BCUT2D eigenvalue weighted by molar-refractivity contribution is 0.0118. The van der Waals surface area contributed by atoms with Crippen LogP contribution in [0.3, 0.4) is 0 Å². The van der Waals surface area contributed by atoms with Gasteiger partial charge >= 0.3 is 0 Å². The Hall–Kier alpha value is -1.13. The molecule has 0 amide bonds. The van der Waals surface area contributed by atoms with Crippen LogP contribution < -0.4 is 10.2 Å². The van der Waals surface area contributed by atoms with Crippen molar-refractivity contribution in [1.82, 2.24) is 9.80 Å². The van der Waals surface area contributed by atoms with Crippen LogP contribution in [0, 0.1) is 0 Å². The van der Waals surface area contributed by atoms with Gasteiger partial charge in [0.25, 0.3) is 0 Å². The molecule has 3 rings (SSSR count). The fourth-order valence-electron chi connectivity index (χ4n) is 2.94. The van der Waals surface area contributed by atoms with Gasteiger partial charge in [0.2, 0.25) is 0 Å². The van der Waals surface area contributed by atoms with Crippen molar-refractivity contribution in [3.8, 4) is 0 Å². The minimum absolute atomic E-state index is 0.836. The monoisotopic (exact) mass is 335 g/mol. The summed E-state index contributed by atoms with van der Waals surface area (Å²) < 4.78 is 17.5. The summed E-state index contributed by atoms with van der Waals surface area (Å²) in [4.78, 5) is 7.10. The molecule has 1 aromatic carbocycles. The average Bonchev–Trinajstić information content (AvgIpc) is 2.55. The molecule has 0 aliphatic carbocycles. The standard InChI is InChI=1S/C17H26N3O2P/c1-23(2,21)17-6-4-16(5-7-17)20-9-3-8-19(15-20)14-18-10-12-22-13-11-18/h3-7,9H,8,10-15H2,1-2H3. The first-order valence-corrected chi connectivity index (χ1v) is 10.7. The molecule has 23 heavy (non-hydrogen) atoms. The van der Waals surface area contributed by atoms with Gasteiger partial charge in [-0.1, -0.05) is 6.08 Å². The van der Waals surface area contributed by atoms with Gasteiger partial charge in [-0.25, -0.2) is 0 Å². The topological polar surface area (TPSA) is 36.0 Å². The number of morpholine rings is 1. The number of hydrogen-bond donors (Lipinski definition) is 0. The van der Waals surface area contributed by atoms with Gasteiger partial charge in [-0.05, 0) is 37.6 Å². The molecule has 1 saturated heterocycles. The molecule has 0 atom stereocenters. The Morgan fingerprint density at radius 3 is 2.43 bits per heavy atom. The lowest BCUT2D eigenvalue weighted by Crippen LogP contribution is -2.48. The highest BCUT2D eigenvalue weighted by Gasteiger charge is 2.19. The van der Waals surface area contributed by atoms with E-state index in [1.54, 1.807) is 0 Å². The second kappa shape index (κ2) is 7.18. The highest BCUT2D eigenvalue weighted by atomic mass is 31.2. The van der Waals surface area contributed by atoms with E-state index in [-0.39, 0.29) is 0 Å². The van der Waals surface area contributed by atoms with E-state index in [2.05, 4.69) is 39.1 Å². The van der Waals surface area contributed by atoms with E-state index < -0.39 is 7.14 Å². The smallest absolute Gasteiger partial charge is 0.109 e. The molecule has 2 heterocycles. The molecule has 0 aromatic heterocycles. The Kier molecular flexibility index (Phi) is 5.22. The Morgan fingerprint density at radius 2 is 1.78 bits per heavy atom. The molecule has 1 fully saturated rings. The Labute approximate surface area is 138 Å². The molecule has 0 N–H and O–H groups in total. The van der Waals surface area contributed by atoms with Crippen molar-refractivity contribution in [2.75, 3.05) is 64.4 Å².